The zero-order valence-electron chi connectivity index (χ0n) is 10.2. The molecule has 94 valence electrons. The van der Waals surface area contributed by atoms with E-state index >= 15 is 0 Å². The van der Waals surface area contributed by atoms with Crippen molar-refractivity contribution in [2.75, 3.05) is 5.50 Å². The minimum Gasteiger partial charge on any atom is -0.165 e. The van der Waals surface area contributed by atoms with E-state index in [1.807, 2.05) is 0 Å². The Bertz CT molecular complexity index is 190. The normalized spacial score (nSPS) is 25.9. The van der Waals surface area contributed by atoms with Crippen molar-refractivity contribution in [1.29, 1.82) is 0 Å². The van der Waals surface area contributed by atoms with Crippen molar-refractivity contribution in [3.05, 3.63) is 0 Å². The summed E-state index contributed by atoms with van der Waals surface area (Å²) in [5.41, 5.74) is 2.44. The molecule has 0 bridgehead atoms. The van der Waals surface area contributed by atoms with Gasteiger partial charge in [0.1, 0.15) is 0 Å². The van der Waals surface area contributed by atoms with Crippen LogP contribution >= 0.6 is 22.7 Å². The van der Waals surface area contributed by atoms with Gasteiger partial charge >= 0.3 is 0 Å². The maximum atomic E-state index is 7.09. The largest absolute Gasteiger partial charge is 0.177 e. The molecule has 0 nitrogen and oxygen atoms in total. The second kappa shape index (κ2) is 6.11. The van der Waals surface area contributed by atoms with Crippen molar-refractivity contribution in [3.63, 3.8) is 0 Å². The van der Waals surface area contributed by atoms with Crippen LogP contribution in [0.4, 0.5) is 0 Å². The van der Waals surface area contributed by atoms with Crippen molar-refractivity contribution in [3.8, 4) is 0 Å². The third-order valence-corrected chi connectivity index (χ3v) is 13.0. The van der Waals surface area contributed by atoms with Crippen LogP contribution in [-0.2, 0) is 0 Å². The second-order valence-electron chi connectivity index (χ2n) is 5.73. The Morgan fingerprint density at radius 1 is 0.750 bits per heavy atom. The average molecular weight is 279 g/mol. The molecule has 3 heteroatoms. The molecule has 0 atom stereocenters. The van der Waals surface area contributed by atoms with Gasteiger partial charge in [0, 0.05) is 5.50 Å². The monoisotopic (exact) mass is 278 g/mol. The zero-order chi connectivity index (χ0) is 11.4. The molecule has 2 aliphatic rings. The minimum absolute atomic E-state index is 0.796. The van der Waals surface area contributed by atoms with Crippen molar-refractivity contribution >= 4 is 30.1 Å². The molecule has 0 aromatic heterocycles. The quantitative estimate of drug-likeness (QED) is 0.357. The molecule has 0 aromatic carbocycles. The van der Waals surface area contributed by atoms with Crippen molar-refractivity contribution in [2.24, 2.45) is 0 Å². The van der Waals surface area contributed by atoms with Crippen molar-refractivity contribution in [1.82, 2.24) is 0 Å². The molecule has 0 heterocycles. The summed E-state index contributed by atoms with van der Waals surface area (Å²) >= 11 is 13.4. The van der Waals surface area contributed by atoms with Gasteiger partial charge in [-0.2, -0.15) is 11.1 Å². The third kappa shape index (κ3) is 2.79. The molecule has 0 aliphatic heterocycles. The lowest BCUT2D eigenvalue weighted by atomic mass is 9.99. The lowest BCUT2D eigenvalue weighted by Gasteiger charge is -2.41. The Hall–Kier alpha value is 0.797. The van der Waals surface area contributed by atoms with E-state index in [0.717, 1.165) is 16.6 Å². The Kier molecular flexibility index (Phi) is 5.05. The molecule has 0 aromatic rings. The fraction of sp³-hybridized carbons (Fsp3) is 1.00. The van der Waals surface area contributed by atoms with Gasteiger partial charge < -0.3 is 0 Å². The van der Waals surface area contributed by atoms with Crippen LogP contribution in [0.1, 0.15) is 64.2 Å². The zero-order valence-corrected chi connectivity index (χ0v) is 12.7. The summed E-state index contributed by atoms with van der Waals surface area (Å²) < 4.78 is 0. The van der Waals surface area contributed by atoms with E-state index in [4.69, 9.17) is 22.7 Å². The van der Waals surface area contributed by atoms with Gasteiger partial charge in [-0.05, 0) is 11.1 Å². The van der Waals surface area contributed by atoms with Gasteiger partial charge in [0.05, 0.1) is 0 Å². The van der Waals surface area contributed by atoms with Crippen molar-refractivity contribution < 1.29 is 0 Å². The first-order valence-corrected chi connectivity index (χ1v) is 10.9. The lowest BCUT2D eigenvalue weighted by Crippen LogP contribution is -2.43. The molecule has 0 saturated heterocycles. The van der Waals surface area contributed by atoms with Crippen LogP contribution in [0.5, 0.6) is 0 Å². The maximum Gasteiger partial charge on any atom is 0.177 e. The Morgan fingerprint density at radius 2 is 1.12 bits per heavy atom. The van der Waals surface area contributed by atoms with Crippen molar-refractivity contribution in [2.45, 2.75) is 75.3 Å². The number of halogens is 2. The predicted octanol–water partition coefficient (Wildman–Crippen LogP) is 5.62. The van der Waals surface area contributed by atoms with Crippen LogP contribution < -0.4 is 0 Å². The molecule has 2 aliphatic carbocycles. The van der Waals surface area contributed by atoms with Gasteiger partial charge in [-0.3, -0.25) is 0 Å². The first-order chi connectivity index (χ1) is 7.77. The molecule has 2 saturated carbocycles. The van der Waals surface area contributed by atoms with Crippen LogP contribution in [-0.4, -0.2) is 12.9 Å². The van der Waals surface area contributed by atoms with E-state index in [-0.39, 0.29) is 0 Å². The van der Waals surface area contributed by atoms with Crippen LogP contribution in [0.3, 0.4) is 0 Å². The highest BCUT2D eigenvalue weighted by molar-refractivity contribution is 7.24. The standard InChI is InChI=1S/C13H24Cl2Si/c14-11-16(15,12-7-3-1-4-8-12)13-9-5-2-6-10-13/h12-13H,1-11H2. The van der Waals surface area contributed by atoms with Gasteiger partial charge in [0.25, 0.3) is 0 Å². The van der Waals surface area contributed by atoms with Gasteiger partial charge in [-0.25, -0.2) is 0 Å². The first kappa shape index (κ1) is 13.2. The summed E-state index contributed by atoms with van der Waals surface area (Å²) in [7, 11) is -1.68. The van der Waals surface area contributed by atoms with E-state index in [9.17, 15) is 0 Å². The summed E-state index contributed by atoms with van der Waals surface area (Å²) in [6.45, 7) is 0. The molecule has 0 unspecified atom stereocenters. The topological polar surface area (TPSA) is 0 Å². The fourth-order valence-electron chi connectivity index (χ4n) is 3.72. The van der Waals surface area contributed by atoms with Crippen LogP contribution in [0.2, 0.25) is 11.1 Å². The Morgan fingerprint density at radius 3 is 1.44 bits per heavy atom. The highest BCUT2D eigenvalue weighted by Crippen LogP contribution is 2.50. The number of hydrogen-bond donors (Lipinski definition) is 0. The molecular weight excluding hydrogens is 255 g/mol. The first-order valence-electron chi connectivity index (χ1n) is 7.02. The SMILES string of the molecule is ClC[Si](Cl)(C1CCCCC1)C1CCCCC1. The van der Waals surface area contributed by atoms with E-state index in [1.165, 1.54) is 64.2 Å². The lowest BCUT2D eigenvalue weighted by molar-refractivity contribution is 0.459. The van der Waals surface area contributed by atoms with E-state index in [1.54, 1.807) is 0 Å². The average Bonchev–Trinajstić information content (AvgIpc) is 2.40. The highest BCUT2D eigenvalue weighted by atomic mass is 35.6. The van der Waals surface area contributed by atoms with Gasteiger partial charge in [-0.1, -0.05) is 64.2 Å². The van der Waals surface area contributed by atoms with E-state index < -0.39 is 7.38 Å². The molecule has 0 spiro atoms. The predicted molar refractivity (Wildman–Crippen MR) is 76.0 cm³/mol. The molecule has 2 fully saturated rings. The third-order valence-electron chi connectivity index (χ3n) is 4.77. The van der Waals surface area contributed by atoms with E-state index in [0.29, 0.717) is 0 Å². The number of hydrogen-bond acceptors (Lipinski definition) is 0. The number of rotatable bonds is 3. The molecular formula is C13H24Cl2Si. The fourth-order valence-corrected chi connectivity index (χ4v) is 10.2. The summed E-state index contributed by atoms with van der Waals surface area (Å²) in [6.07, 6.45) is 13.9. The molecule has 16 heavy (non-hydrogen) atoms. The van der Waals surface area contributed by atoms with Gasteiger partial charge in [0.15, 0.2) is 7.38 Å². The minimum atomic E-state index is -1.68. The summed E-state index contributed by atoms with van der Waals surface area (Å²) in [6, 6.07) is 0. The second-order valence-corrected chi connectivity index (χ2v) is 12.4. The maximum absolute atomic E-state index is 7.09. The summed E-state index contributed by atoms with van der Waals surface area (Å²) in [4.78, 5) is 0. The highest BCUT2D eigenvalue weighted by Gasteiger charge is 2.46. The van der Waals surface area contributed by atoms with Crippen LogP contribution in [0.15, 0.2) is 0 Å². The Labute approximate surface area is 111 Å². The molecule has 0 N–H and O–H groups in total. The molecule has 0 radical (unpaired) electrons. The molecule has 2 rings (SSSR count). The number of alkyl halides is 1. The summed E-state index contributed by atoms with van der Waals surface area (Å²) in [5.74, 6) is 0. The smallest absolute Gasteiger partial charge is 0.165 e. The van der Waals surface area contributed by atoms with Crippen LogP contribution in [0.25, 0.3) is 0 Å². The van der Waals surface area contributed by atoms with Gasteiger partial charge in [-0.15, -0.1) is 11.6 Å². The van der Waals surface area contributed by atoms with E-state index in [2.05, 4.69) is 0 Å². The molecule has 0 amide bonds. The summed E-state index contributed by atoms with van der Waals surface area (Å²) in [5, 5.41) is 0. The Balaban J connectivity index is 2.03. The van der Waals surface area contributed by atoms with Crippen LogP contribution in [0, 0.1) is 0 Å². The van der Waals surface area contributed by atoms with Gasteiger partial charge in [0.2, 0.25) is 0 Å².